The Bertz CT molecular complexity index is 648. The summed E-state index contributed by atoms with van der Waals surface area (Å²) in [5.74, 6) is 0. The summed E-state index contributed by atoms with van der Waals surface area (Å²) in [5, 5.41) is 8.65. The van der Waals surface area contributed by atoms with E-state index in [2.05, 4.69) is 4.99 Å². The molecule has 0 unspecified atom stereocenters. The molecule has 0 aromatic heterocycles. The van der Waals surface area contributed by atoms with Gasteiger partial charge >= 0.3 is 6.18 Å². The van der Waals surface area contributed by atoms with Gasteiger partial charge in [-0.1, -0.05) is 12.1 Å². The van der Waals surface area contributed by atoms with E-state index in [0.29, 0.717) is 16.8 Å². The number of nitrogens with zero attached hydrogens (tertiary/aromatic N) is 2. The fraction of sp³-hybridized carbons (Fsp3) is 0.0667. The van der Waals surface area contributed by atoms with Crippen molar-refractivity contribution < 1.29 is 13.2 Å². The molecular formula is C15H9F3N2. The standard InChI is InChI=1S/C15H9F3N2/c16-15(17,18)13-5-1-12(2-6-13)10-20-14-7-3-11(9-19)4-8-14/h1-8,10H. The Balaban J connectivity index is 2.13. The van der Waals surface area contributed by atoms with Gasteiger partial charge in [0.15, 0.2) is 0 Å². The maximum absolute atomic E-state index is 12.4. The van der Waals surface area contributed by atoms with Crippen LogP contribution in [-0.2, 0) is 6.18 Å². The number of alkyl halides is 3. The van der Waals surface area contributed by atoms with Crippen molar-refractivity contribution in [2.75, 3.05) is 0 Å². The summed E-state index contributed by atoms with van der Waals surface area (Å²) in [4.78, 5) is 4.13. The lowest BCUT2D eigenvalue weighted by atomic mass is 10.1. The Kier molecular flexibility index (Phi) is 3.85. The highest BCUT2D eigenvalue weighted by Gasteiger charge is 2.29. The summed E-state index contributed by atoms with van der Waals surface area (Å²) in [6.45, 7) is 0. The Morgan fingerprint density at radius 3 is 2.05 bits per heavy atom. The summed E-state index contributed by atoms with van der Waals surface area (Å²) in [6.07, 6.45) is -2.86. The largest absolute Gasteiger partial charge is 0.416 e. The van der Waals surface area contributed by atoms with Gasteiger partial charge in [-0.05, 0) is 42.0 Å². The Morgan fingerprint density at radius 1 is 0.950 bits per heavy atom. The fourth-order valence-corrected chi connectivity index (χ4v) is 1.53. The molecule has 0 aliphatic rings. The van der Waals surface area contributed by atoms with Crippen LogP contribution in [0.2, 0.25) is 0 Å². The monoisotopic (exact) mass is 274 g/mol. The molecule has 0 aliphatic carbocycles. The summed E-state index contributed by atoms with van der Waals surface area (Å²) >= 11 is 0. The molecule has 20 heavy (non-hydrogen) atoms. The van der Waals surface area contributed by atoms with E-state index in [-0.39, 0.29) is 0 Å². The first-order chi connectivity index (χ1) is 9.49. The van der Waals surface area contributed by atoms with Crippen molar-refractivity contribution in [1.82, 2.24) is 0 Å². The molecule has 0 aliphatic heterocycles. The minimum absolute atomic E-state index is 0.526. The summed E-state index contributed by atoms with van der Waals surface area (Å²) in [6, 6.07) is 13.3. The Morgan fingerprint density at radius 2 is 1.55 bits per heavy atom. The van der Waals surface area contributed by atoms with Gasteiger partial charge in [-0.2, -0.15) is 18.4 Å². The SMILES string of the molecule is N#Cc1ccc(N=Cc2ccc(C(F)(F)F)cc2)cc1. The van der Waals surface area contributed by atoms with E-state index < -0.39 is 11.7 Å². The summed E-state index contributed by atoms with van der Waals surface area (Å²) in [7, 11) is 0. The molecule has 0 atom stereocenters. The zero-order valence-electron chi connectivity index (χ0n) is 10.2. The van der Waals surface area contributed by atoms with Gasteiger partial charge in [-0.15, -0.1) is 0 Å². The minimum Gasteiger partial charge on any atom is -0.256 e. The zero-order valence-corrected chi connectivity index (χ0v) is 10.2. The van der Waals surface area contributed by atoms with Crippen molar-refractivity contribution in [3.8, 4) is 6.07 Å². The van der Waals surface area contributed by atoms with Crippen molar-refractivity contribution in [2.45, 2.75) is 6.18 Å². The average molecular weight is 274 g/mol. The predicted octanol–water partition coefficient (Wildman–Crippen LogP) is 4.33. The summed E-state index contributed by atoms with van der Waals surface area (Å²) < 4.78 is 37.1. The van der Waals surface area contributed by atoms with Gasteiger partial charge in [0, 0.05) is 6.21 Å². The first kappa shape index (κ1) is 13.8. The molecule has 0 fully saturated rings. The molecule has 100 valence electrons. The predicted molar refractivity (Wildman–Crippen MR) is 69.9 cm³/mol. The number of nitriles is 1. The van der Waals surface area contributed by atoms with E-state index in [4.69, 9.17) is 5.26 Å². The molecular weight excluding hydrogens is 265 g/mol. The molecule has 0 radical (unpaired) electrons. The molecule has 2 rings (SSSR count). The normalized spacial score (nSPS) is 11.5. The number of benzene rings is 2. The highest BCUT2D eigenvalue weighted by atomic mass is 19.4. The van der Waals surface area contributed by atoms with Gasteiger partial charge in [-0.25, -0.2) is 0 Å². The topological polar surface area (TPSA) is 36.1 Å². The molecule has 5 heteroatoms. The van der Waals surface area contributed by atoms with E-state index in [1.54, 1.807) is 24.3 Å². The number of halogens is 3. The smallest absolute Gasteiger partial charge is 0.256 e. The third-order valence-electron chi connectivity index (χ3n) is 2.60. The van der Waals surface area contributed by atoms with Gasteiger partial charge in [0.2, 0.25) is 0 Å². The van der Waals surface area contributed by atoms with E-state index in [0.717, 1.165) is 12.1 Å². The maximum atomic E-state index is 12.4. The molecule has 2 nitrogen and oxygen atoms in total. The minimum atomic E-state index is -4.33. The second kappa shape index (κ2) is 5.57. The van der Waals surface area contributed by atoms with Crippen molar-refractivity contribution in [2.24, 2.45) is 4.99 Å². The van der Waals surface area contributed by atoms with Crippen molar-refractivity contribution in [3.63, 3.8) is 0 Å². The van der Waals surface area contributed by atoms with Crippen LogP contribution in [0.4, 0.5) is 18.9 Å². The Labute approximate surface area is 113 Å². The lowest BCUT2D eigenvalue weighted by Gasteiger charge is -2.05. The van der Waals surface area contributed by atoms with Crippen molar-refractivity contribution in [1.29, 1.82) is 5.26 Å². The number of aliphatic imine (C=N–C) groups is 1. The quantitative estimate of drug-likeness (QED) is 0.751. The second-order valence-corrected chi connectivity index (χ2v) is 4.04. The van der Waals surface area contributed by atoms with Crippen LogP contribution in [-0.4, -0.2) is 6.21 Å². The van der Waals surface area contributed by atoms with Crippen molar-refractivity contribution >= 4 is 11.9 Å². The van der Waals surface area contributed by atoms with Crippen LogP contribution in [0, 0.1) is 11.3 Å². The molecule has 0 amide bonds. The molecule has 0 heterocycles. The highest BCUT2D eigenvalue weighted by molar-refractivity contribution is 5.82. The van der Waals surface area contributed by atoms with Crippen LogP contribution in [0.1, 0.15) is 16.7 Å². The van der Waals surface area contributed by atoms with E-state index in [1.807, 2.05) is 6.07 Å². The van der Waals surface area contributed by atoms with Gasteiger partial charge in [-0.3, -0.25) is 4.99 Å². The molecule has 0 saturated carbocycles. The van der Waals surface area contributed by atoms with Crippen molar-refractivity contribution in [3.05, 3.63) is 65.2 Å². The molecule has 0 spiro atoms. The third kappa shape index (κ3) is 3.45. The van der Waals surface area contributed by atoms with Gasteiger partial charge in [0.1, 0.15) is 0 Å². The molecule has 0 N–H and O–H groups in total. The van der Waals surface area contributed by atoms with E-state index in [9.17, 15) is 13.2 Å². The fourth-order valence-electron chi connectivity index (χ4n) is 1.53. The highest BCUT2D eigenvalue weighted by Crippen LogP contribution is 2.28. The lowest BCUT2D eigenvalue weighted by molar-refractivity contribution is -0.137. The first-order valence-electron chi connectivity index (χ1n) is 5.70. The molecule has 0 bridgehead atoms. The van der Waals surface area contributed by atoms with Crippen LogP contribution >= 0.6 is 0 Å². The third-order valence-corrected chi connectivity index (χ3v) is 2.60. The number of hydrogen-bond acceptors (Lipinski definition) is 2. The van der Waals surface area contributed by atoms with E-state index in [1.165, 1.54) is 18.3 Å². The molecule has 0 saturated heterocycles. The van der Waals surface area contributed by atoms with Crippen LogP contribution in [0.25, 0.3) is 0 Å². The first-order valence-corrected chi connectivity index (χ1v) is 5.70. The zero-order chi connectivity index (χ0) is 14.6. The van der Waals surface area contributed by atoms with Gasteiger partial charge < -0.3 is 0 Å². The van der Waals surface area contributed by atoms with Crippen LogP contribution in [0.5, 0.6) is 0 Å². The van der Waals surface area contributed by atoms with Gasteiger partial charge in [0.25, 0.3) is 0 Å². The lowest BCUT2D eigenvalue weighted by Crippen LogP contribution is -2.04. The van der Waals surface area contributed by atoms with Crippen LogP contribution < -0.4 is 0 Å². The average Bonchev–Trinajstić information content (AvgIpc) is 2.45. The maximum Gasteiger partial charge on any atom is 0.416 e. The molecule has 2 aromatic rings. The summed E-state index contributed by atoms with van der Waals surface area (Å²) in [5.41, 5.74) is 1.04. The number of rotatable bonds is 2. The van der Waals surface area contributed by atoms with Crippen LogP contribution in [0.3, 0.4) is 0 Å². The number of hydrogen-bond donors (Lipinski definition) is 0. The second-order valence-electron chi connectivity index (χ2n) is 4.04. The molecule has 2 aromatic carbocycles. The van der Waals surface area contributed by atoms with Crippen LogP contribution in [0.15, 0.2) is 53.5 Å². The Hall–Kier alpha value is -2.61. The van der Waals surface area contributed by atoms with Gasteiger partial charge in [0.05, 0.1) is 22.9 Å². The van der Waals surface area contributed by atoms with E-state index >= 15 is 0 Å².